The van der Waals surface area contributed by atoms with E-state index >= 15 is 0 Å². The van der Waals surface area contributed by atoms with Crippen LogP contribution in [0.3, 0.4) is 0 Å². The summed E-state index contributed by atoms with van der Waals surface area (Å²) in [6, 6.07) is 1.98. The molecule has 0 aromatic carbocycles. The Balaban J connectivity index is 2.78. The minimum Gasteiger partial charge on any atom is -0.294 e. The summed E-state index contributed by atoms with van der Waals surface area (Å²) in [5.74, 6) is 0.523. The second kappa shape index (κ2) is 5.10. The summed E-state index contributed by atoms with van der Waals surface area (Å²) < 4.78 is 1.19. The van der Waals surface area contributed by atoms with Crippen LogP contribution in [-0.2, 0) is 0 Å². The van der Waals surface area contributed by atoms with Gasteiger partial charge in [-0.15, -0.1) is 11.3 Å². The van der Waals surface area contributed by atoms with Gasteiger partial charge in [-0.05, 0) is 41.5 Å². The molecular weight excluding hydrogens is 295 g/mol. The van der Waals surface area contributed by atoms with Gasteiger partial charge in [0.05, 0.1) is 2.88 Å². The van der Waals surface area contributed by atoms with E-state index in [2.05, 4.69) is 36.4 Å². The third kappa shape index (κ3) is 2.77. The van der Waals surface area contributed by atoms with E-state index in [-0.39, 0.29) is 5.92 Å². The summed E-state index contributed by atoms with van der Waals surface area (Å²) in [5.41, 5.74) is 0.892. The molecule has 1 aromatic rings. The molecule has 0 spiro atoms. The van der Waals surface area contributed by atoms with E-state index in [4.69, 9.17) is 0 Å². The van der Waals surface area contributed by atoms with Crippen molar-refractivity contribution in [3.63, 3.8) is 0 Å². The van der Waals surface area contributed by atoms with Crippen LogP contribution in [0.2, 0.25) is 0 Å². The Labute approximate surface area is 96.7 Å². The standard InChI is InChI=1S/C10H13IOS/c1-3-7(4-2)10(12)8-5-9(11)13-6-8/h5-7H,3-4H2,1-2H3. The Hall–Kier alpha value is 0.1000. The first-order valence-electron chi connectivity index (χ1n) is 4.47. The van der Waals surface area contributed by atoms with Gasteiger partial charge in [0.15, 0.2) is 5.78 Å². The van der Waals surface area contributed by atoms with Crippen molar-refractivity contribution in [2.24, 2.45) is 5.92 Å². The lowest BCUT2D eigenvalue weighted by atomic mass is 9.95. The number of carbonyl (C=O) groups excluding carboxylic acids is 1. The lowest BCUT2D eigenvalue weighted by Gasteiger charge is -2.08. The summed E-state index contributed by atoms with van der Waals surface area (Å²) in [6.07, 6.45) is 1.89. The molecule has 0 aliphatic carbocycles. The van der Waals surface area contributed by atoms with Crippen LogP contribution < -0.4 is 0 Å². The fourth-order valence-electron chi connectivity index (χ4n) is 1.33. The highest BCUT2D eigenvalue weighted by Crippen LogP contribution is 2.21. The predicted molar refractivity (Wildman–Crippen MR) is 65.4 cm³/mol. The highest BCUT2D eigenvalue weighted by Gasteiger charge is 2.16. The van der Waals surface area contributed by atoms with Crippen molar-refractivity contribution >= 4 is 39.7 Å². The zero-order valence-electron chi connectivity index (χ0n) is 7.84. The van der Waals surface area contributed by atoms with Gasteiger partial charge in [-0.1, -0.05) is 13.8 Å². The third-order valence-electron chi connectivity index (χ3n) is 2.21. The molecule has 1 rings (SSSR count). The maximum Gasteiger partial charge on any atom is 0.166 e. The van der Waals surface area contributed by atoms with Gasteiger partial charge in [0.2, 0.25) is 0 Å². The van der Waals surface area contributed by atoms with Crippen molar-refractivity contribution in [2.75, 3.05) is 0 Å². The largest absolute Gasteiger partial charge is 0.294 e. The molecule has 3 heteroatoms. The smallest absolute Gasteiger partial charge is 0.166 e. The predicted octanol–water partition coefficient (Wildman–Crippen LogP) is 3.97. The number of thiophene rings is 1. The van der Waals surface area contributed by atoms with Crippen molar-refractivity contribution in [2.45, 2.75) is 26.7 Å². The van der Waals surface area contributed by atoms with Crippen LogP contribution in [0, 0.1) is 8.80 Å². The molecule has 0 saturated carbocycles. The molecular formula is C10H13IOS. The SMILES string of the molecule is CCC(CC)C(=O)c1csc(I)c1. The number of carbonyl (C=O) groups is 1. The maximum absolute atomic E-state index is 11.8. The molecule has 1 heterocycles. The fourth-order valence-corrected chi connectivity index (χ4v) is 2.67. The number of halogens is 1. The normalized spacial score (nSPS) is 10.8. The minimum atomic E-state index is 0.213. The van der Waals surface area contributed by atoms with Gasteiger partial charge in [-0.2, -0.15) is 0 Å². The number of ketones is 1. The first kappa shape index (κ1) is 11.2. The second-order valence-electron chi connectivity index (χ2n) is 3.02. The highest BCUT2D eigenvalue weighted by atomic mass is 127. The van der Waals surface area contributed by atoms with Crippen molar-refractivity contribution in [1.82, 2.24) is 0 Å². The summed E-state index contributed by atoms with van der Waals surface area (Å²) in [7, 11) is 0. The van der Waals surface area contributed by atoms with Crippen molar-refractivity contribution in [3.8, 4) is 0 Å². The summed E-state index contributed by atoms with van der Waals surface area (Å²) in [4.78, 5) is 11.8. The van der Waals surface area contributed by atoms with Crippen LogP contribution in [0.15, 0.2) is 11.4 Å². The first-order valence-corrected chi connectivity index (χ1v) is 6.43. The molecule has 0 unspecified atom stereocenters. The van der Waals surface area contributed by atoms with Crippen molar-refractivity contribution < 1.29 is 4.79 Å². The average Bonchev–Trinajstić information content (AvgIpc) is 2.54. The molecule has 0 bridgehead atoms. The van der Waals surface area contributed by atoms with E-state index in [0.717, 1.165) is 18.4 Å². The summed E-state index contributed by atoms with van der Waals surface area (Å²) in [5, 5.41) is 1.96. The number of hydrogen-bond donors (Lipinski definition) is 0. The van der Waals surface area contributed by atoms with Crippen LogP contribution in [0.25, 0.3) is 0 Å². The quantitative estimate of drug-likeness (QED) is 0.607. The molecule has 1 aromatic heterocycles. The van der Waals surface area contributed by atoms with Gasteiger partial charge < -0.3 is 0 Å². The Bertz CT molecular complexity index is 289. The van der Waals surface area contributed by atoms with Crippen LogP contribution >= 0.6 is 33.9 Å². The molecule has 13 heavy (non-hydrogen) atoms. The topological polar surface area (TPSA) is 17.1 Å². The molecule has 0 fully saturated rings. The molecule has 0 amide bonds. The molecule has 0 radical (unpaired) electrons. The van der Waals surface area contributed by atoms with Crippen LogP contribution in [0.5, 0.6) is 0 Å². The van der Waals surface area contributed by atoms with Gasteiger partial charge in [-0.25, -0.2) is 0 Å². The zero-order chi connectivity index (χ0) is 9.84. The molecule has 0 N–H and O–H groups in total. The highest BCUT2D eigenvalue weighted by molar-refractivity contribution is 14.1. The van der Waals surface area contributed by atoms with Crippen LogP contribution in [0.4, 0.5) is 0 Å². The number of Topliss-reactive ketones (excluding diaryl/α,β-unsaturated/α-hetero) is 1. The molecule has 0 aliphatic heterocycles. The third-order valence-corrected chi connectivity index (χ3v) is 4.00. The first-order chi connectivity index (χ1) is 6.19. The van der Waals surface area contributed by atoms with E-state index in [9.17, 15) is 4.79 Å². The Morgan fingerprint density at radius 1 is 1.54 bits per heavy atom. The molecule has 0 atom stereocenters. The average molecular weight is 308 g/mol. The fraction of sp³-hybridized carbons (Fsp3) is 0.500. The van der Waals surface area contributed by atoms with Crippen LogP contribution in [0.1, 0.15) is 37.0 Å². The molecule has 0 aliphatic rings. The molecule has 72 valence electrons. The van der Waals surface area contributed by atoms with Gasteiger partial charge in [0.25, 0.3) is 0 Å². The lowest BCUT2D eigenvalue weighted by Crippen LogP contribution is -2.11. The molecule has 0 saturated heterocycles. The Morgan fingerprint density at radius 2 is 2.15 bits per heavy atom. The van der Waals surface area contributed by atoms with Crippen molar-refractivity contribution in [3.05, 3.63) is 19.9 Å². The van der Waals surface area contributed by atoms with E-state index in [1.165, 1.54) is 2.88 Å². The minimum absolute atomic E-state index is 0.213. The van der Waals surface area contributed by atoms with Gasteiger partial charge in [0, 0.05) is 16.9 Å². The van der Waals surface area contributed by atoms with E-state index in [0.29, 0.717) is 5.78 Å². The zero-order valence-corrected chi connectivity index (χ0v) is 10.8. The summed E-state index contributed by atoms with van der Waals surface area (Å²) >= 11 is 3.88. The van der Waals surface area contributed by atoms with Gasteiger partial charge in [-0.3, -0.25) is 4.79 Å². The Morgan fingerprint density at radius 3 is 2.54 bits per heavy atom. The molecule has 1 nitrogen and oxygen atoms in total. The summed E-state index contributed by atoms with van der Waals surface area (Å²) in [6.45, 7) is 4.15. The lowest BCUT2D eigenvalue weighted by molar-refractivity contribution is 0.0914. The van der Waals surface area contributed by atoms with E-state index in [1.807, 2.05) is 11.4 Å². The second-order valence-corrected chi connectivity index (χ2v) is 5.82. The van der Waals surface area contributed by atoms with E-state index in [1.54, 1.807) is 11.3 Å². The van der Waals surface area contributed by atoms with Crippen LogP contribution in [-0.4, -0.2) is 5.78 Å². The van der Waals surface area contributed by atoms with Gasteiger partial charge in [0.1, 0.15) is 0 Å². The monoisotopic (exact) mass is 308 g/mol. The van der Waals surface area contributed by atoms with Gasteiger partial charge >= 0.3 is 0 Å². The Kier molecular flexibility index (Phi) is 4.38. The van der Waals surface area contributed by atoms with Crippen molar-refractivity contribution in [1.29, 1.82) is 0 Å². The van der Waals surface area contributed by atoms with E-state index < -0.39 is 0 Å². The maximum atomic E-state index is 11.8. The number of rotatable bonds is 4. The number of hydrogen-bond acceptors (Lipinski definition) is 2.